The molecule has 166 valence electrons. The van der Waals surface area contributed by atoms with Crippen molar-refractivity contribution >= 4 is 33.7 Å². The van der Waals surface area contributed by atoms with Crippen LogP contribution in [0.2, 0.25) is 0 Å². The number of nitrogens with zero attached hydrogens (tertiary/aromatic N) is 6. The SMILES string of the molecule is Cc1cc(NC(=O)c2cc3ccccc3o2)n(-c2ncnc3c2cnn3-c2ccc(F)cc2)n1. The zero-order valence-electron chi connectivity index (χ0n) is 17.8. The Hall–Kier alpha value is -4.86. The van der Waals surface area contributed by atoms with Crippen LogP contribution in [0.25, 0.3) is 33.5 Å². The average molecular weight is 453 g/mol. The molecule has 0 fully saturated rings. The molecule has 0 radical (unpaired) electrons. The molecule has 1 N–H and O–H groups in total. The number of fused-ring (bicyclic) bond motifs is 2. The Kier molecular flexibility index (Phi) is 4.44. The maximum Gasteiger partial charge on any atom is 0.292 e. The van der Waals surface area contributed by atoms with E-state index in [0.29, 0.717) is 39.6 Å². The van der Waals surface area contributed by atoms with E-state index < -0.39 is 5.91 Å². The number of halogens is 1. The molecule has 4 aromatic heterocycles. The van der Waals surface area contributed by atoms with E-state index in [9.17, 15) is 9.18 Å². The van der Waals surface area contributed by atoms with Crippen LogP contribution in [-0.4, -0.2) is 35.4 Å². The van der Waals surface area contributed by atoms with Crippen LogP contribution in [0.5, 0.6) is 0 Å². The Labute approximate surface area is 191 Å². The molecule has 6 rings (SSSR count). The lowest BCUT2D eigenvalue weighted by molar-refractivity contribution is 0.0998. The molecule has 0 aliphatic heterocycles. The van der Waals surface area contributed by atoms with Gasteiger partial charge in [-0.2, -0.15) is 14.9 Å². The summed E-state index contributed by atoms with van der Waals surface area (Å²) in [6, 6.07) is 16.8. The Balaban J connectivity index is 1.40. The summed E-state index contributed by atoms with van der Waals surface area (Å²) in [6.07, 6.45) is 3.00. The Bertz CT molecular complexity index is 1650. The van der Waals surface area contributed by atoms with Gasteiger partial charge in [-0.15, -0.1) is 0 Å². The molecule has 1 amide bonds. The van der Waals surface area contributed by atoms with Crippen LogP contribution in [-0.2, 0) is 0 Å². The number of hydrogen-bond acceptors (Lipinski definition) is 6. The topological polar surface area (TPSA) is 104 Å². The number of aromatic nitrogens is 6. The van der Waals surface area contributed by atoms with Gasteiger partial charge in [0.1, 0.15) is 23.5 Å². The second kappa shape index (κ2) is 7.62. The number of carbonyl (C=O) groups excluding carboxylic acids is 1. The summed E-state index contributed by atoms with van der Waals surface area (Å²) in [5.74, 6) is 0.282. The Morgan fingerprint density at radius 2 is 1.85 bits per heavy atom. The molecule has 6 aromatic rings. The molecule has 0 unspecified atom stereocenters. The molecule has 9 nitrogen and oxygen atoms in total. The van der Waals surface area contributed by atoms with Crippen LogP contribution in [0.1, 0.15) is 16.2 Å². The van der Waals surface area contributed by atoms with Crippen molar-refractivity contribution in [2.75, 3.05) is 5.32 Å². The summed E-state index contributed by atoms with van der Waals surface area (Å²) in [7, 11) is 0. The number of rotatable bonds is 4. The second-order valence-corrected chi connectivity index (χ2v) is 7.65. The molecule has 34 heavy (non-hydrogen) atoms. The number of carbonyl (C=O) groups is 1. The van der Waals surface area contributed by atoms with E-state index in [0.717, 1.165) is 5.39 Å². The van der Waals surface area contributed by atoms with E-state index in [1.54, 1.807) is 41.2 Å². The minimum atomic E-state index is -0.412. The Morgan fingerprint density at radius 1 is 1.03 bits per heavy atom. The summed E-state index contributed by atoms with van der Waals surface area (Å²) >= 11 is 0. The summed E-state index contributed by atoms with van der Waals surface area (Å²) in [5, 5.41) is 13.2. The van der Waals surface area contributed by atoms with E-state index >= 15 is 0 Å². The third-order valence-electron chi connectivity index (χ3n) is 5.34. The number of aryl methyl sites for hydroxylation is 1. The highest BCUT2D eigenvalue weighted by Crippen LogP contribution is 2.25. The molecule has 0 bridgehead atoms. The van der Waals surface area contributed by atoms with Gasteiger partial charge in [-0.1, -0.05) is 18.2 Å². The zero-order valence-corrected chi connectivity index (χ0v) is 17.8. The number of nitrogens with one attached hydrogen (secondary N) is 1. The van der Waals surface area contributed by atoms with Gasteiger partial charge in [0.05, 0.1) is 23.0 Å². The normalized spacial score (nSPS) is 11.4. The molecule has 0 spiro atoms. The molecule has 0 aliphatic carbocycles. The van der Waals surface area contributed by atoms with E-state index in [4.69, 9.17) is 4.42 Å². The fraction of sp³-hybridized carbons (Fsp3) is 0.0417. The third-order valence-corrected chi connectivity index (χ3v) is 5.34. The predicted octanol–water partition coefficient (Wildman–Crippen LogP) is 4.45. The molecule has 10 heteroatoms. The van der Waals surface area contributed by atoms with E-state index in [1.807, 2.05) is 25.1 Å². The maximum atomic E-state index is 13.4. The van der Waals surface area contributed by atoms with Crippen LogP contribution in [0.4, 0.5) is 10.2 Å². The van der Waals surface area contributed by atoms with Gasteiger partial charge >= 0.3 is 0 Å². The summed E-state index contributed by atoms with van der Waals surface area (Å²) in [5.41, 5.74) is 2.47. The number of amides is 1. The molecule has 2 aromatic carbocycles. The van der Waals surface area contributed by atoms with Crippen LogP contribution >= 0.6 is 0 Å². The lowest BCUT2D eigenvalue weighted by Gasteiger charge is -2.08. The summed E-state index contributed by atoms with van der Waals surface area (Å²) < 4.78 is 22.1. The van der Waals surface area contributed by atoms with Crippen LogP contribution in [0.3, 0.4) is 0 Å². The highest BCUT2D eigenvalue weighted by molar-refractivity contribution is 6.04. The molecule has 0 saturated heterocycles. The number of hydrogen-bond donors (Lipinski definition) is 1. The zero-order chi connectivity index (χ0) is 23.2. The molecule has 0 atom stereocenters. The van der Waals surface area contributed by atoms with Crippen molar-refractivity contribution in [2.45, 2.75) is 6.92 Å². The number of furan rings is 1. The quantitative estimate of drug-likeness (QED) is 0.423. The molecule has 0 aliphatic rings. The molecular weight excluding hydrogens is 437 g/mol. The van der Waals surface area contributed by atoms with Gasteiger partial charge < -0.3 is 9.73 Å². The second-order valence-electron chi connectivity index (χ2n) is 7.65. The van der Waals surface area contributed by atoms with Gasteiger partial charge in [-0.3, -0.25) is 4.79 Å². The first-order chi connectivity index (χ1) is 16.6. The van der Waals surface area contributed by atoms with Crippen molar-refractivity contribution in [1.82, 2.24) is 29.5 Å². The number of para-hydroxylation sites is 1. The number of benzene rings is 2. The predicted molar refractivity (Wildman–Crippen MR) is 123 cm³/mol. The minimum Gasteiger partial charge on any atom is -0.451 e. The number of anilines is 1. The molecular formula is C24H16FN7O2. The first-order valence-electron chi connectivity index (χ1n) is 10.4. The third kappa shape index (κ3) is 3.28. The largest absolute Gasteiger partial charge is 0.451 e. The maximum absolute atomic E-state index is 13.4. The van der Waals surface area contributed by atoms with Gasteiger partial charge in [-0.25, -0.2) is 19.0 Å². The van der Waals surface area contributed by atoms with E-state index in [2.05, 4.69) is 25.5 Å². The van der Waals surface area contributed by atoms with Crippen molar-refractivity contribution in [2.24, 2.45) is 0 Å². The van der Waals surface area contributed by atoms with Crippen molar-refractivity contribution in [3.8, 4) is 11.5 Å². The monoisotopic (exact) mass is 453 g/mol. The molecule has 4 heterocycles. The van der Waals surface area contributed by atoms with Crippen LogP contribution < -0.4 is 5.32 Å². The average Bonchev–Trinajstić information content (AvgIpc) is 3.56. The first-order valence-corrected chi connectivity index (χ1v) is 10.4. The van der Waals surface area contributed by atoms with Gasteiger partial charge in [0, 0.05) is 11.5 Å². The summed E-state index contributed by atoms with van der Waals surface area (Å²) in [6.45, 7) is 1.81. The van der Waals surface area contributed by atoms with Crippen LogP contribution in [0, 0.1) is 12.7 Å². The van der Waals surface area contributed by atoms with Crippen molar-refractivity contribution in [3.05, 3.63) is 90.5 Å². The van der Waals surface area contributed by atoms with Crippen molar-refractivity contribution in [1.29, 1.82) is 0 Å². The summed E-state index contributed by atoms with van der Waals surface area (Å²) in [4.78, 5) is 21.7. The highest BCUT2D eigenvalue weighted by Gasteiger charge is 2.19. The Morgan fingerprint density at radius 3 is 2.68 bits per heavy atom. The van der Waals surface area contributed by atoms with Crippen molar-refractivity contribution in [3.63, 3.8) is 0 Å². The van der Waals surface area contributed by atoms with E-state index in [-0.39, 0.29) is 11.6 Å². The lowest BCUT2D eigenvalue weighted by atomic mass is 10.2. The van der Waals surface area contributed by atoms with E-state index in [1.165, 1.54) is 23.1 Å². The van der Waals surface area contributed by atoms with Crippen LogP contribution in [0.15, 0.2) is 77.6 Å². The highest BCUT2D eigenvalue weighted by atomic mass is 19.1. The fourth-order valence-corrected chi connectivity index (χ4v) is 3.79. The fourth-order valence-electron chi connectivity index (χ4n) is 3.79. The standard InChI is InChI=1S/C24H16FN7O2/c1-14-10-21(29-24(33)20-11-15-4-2-3-5-19(15)34-20)32(30-14)23-18-12-28-31(22(18)26-13-27-23)17-8-6-16(25)7-9-17/h2-13H,1H3,(H,29,33). The smallest absolute Gasteiger partial charge is 0.292 e. The van der Waals surface area contributed by atoms with Gasteiger partial charge in [0.15, 0.2) is 17.2 Å². The van der Waals surface area contributed by atoms with Gasteiger partial charge in [0.25, 0.3) is 5.91 Å². The first kappa shape index (κ1) is 19.8. The lowest BCUT2D eigenvalue weighted by Crippen LogP contribution is -2.15. The minimum absolute atomic E-state index is 0.184. The van der Waals surface area contributed by atoms with Gasteiger partial charge in [-0.05, 0) is 43.3 Å². The van der Waals surface area contributed by atoms with Gasteiger partial charge in [0.2, 0.25) is 0 Å². The molecule has 0 saturated carbocycles. The van der Waals surface area contributed by atoms with Crippen molar-refractivity contribution < 1.29 is 13.6 Å².